The van der Waals surface area contributed by atoms with Gasteiger partial charge in [0.2, 0.25) is 0 Å². The Morgan fingerprint density at radius 2 is 2.13 bits per heavy atom. The number of aliphatic hydroxyl groups is 1. The van der Waals surface area contributed by atoms with Gasteiger partial charge in [-0.2, -0.15) is 0 Å². The smallest absolute Gasteiger partial charge is 0.0886 e. The largest absolute Gasteiger partial charge is 0.387 e. The van der Waals surface area contributed by atoms with Crippen molar-refractivity contribution in [3.63, 3.8) is 0 Å². The van der Waals surface area contributed by atoms with Crippen LogP contribution in [-0.2, 0) is 0 Å². The van der Waals surface area contributed by atoms with E-state index < -0.39 is 6.10 Å². The third-order valence-corrected chi connectivity index (χ3v) is 3.11. The fourth-order valence-corrected chi connectivity index (χ4v) is 2.00. The van der Waals surface area contributed by atoms with Crippen LogP contribution in [0.1, 0.15) is 18.5 Å². The number of rotatable bonds is 4. The van der Waals surface area contributed by atoms with Crippen molar-refractivity contribution in [3.05, 3.63) is 48.6 Å². The van der Waals surface area contributed by atoms with E-state index in [1.54, 1.807) is 6.08 Å². The highest BCUT2D eigenvalue weighted by Crippen LogP contribution is 2.33. The van der Waals surface area contributed by atoms with Gasteiger partial charge in [-0.15, -0.1) is 6.58 Å². The molecule has 1 aromatic rings. The molecule has 1 aromatic carbocycles. The predicted octanol–water partition coefficient (Wildman–Crippen LogP) is 1.98. The van der Waals surface area contributed by atoms with Gasteiger partial charge in [0.05, 0.1) is 12.1 Å². The van der Waals surface area contributed by atoms with Crippen LogP contribution in [0.4, 0.5) is 0 Å². The van der Waals surface area contributed by atoms with Gasteiger partial charge in [-0.1, -0.05) is 36.4 Å². The Hall–Kier alpha value is -1.12. The SMILES string of the molecule is C=C[C@H](O)[C@@H]1CN1[C@H](C)c1ccccc1. The molecule has 2 rings (SSSR count). The maximum absolute atomic E-state index is 9.60. The molecule has 4 atom stereocenters. The van der Waals surface area contributed by atoms with Gasteiger partial charge < -0.3 is 5.11 Å². The highest BCUT2D eigenvalue weighted by atomic mass is 16.3. The molecule has 0 radical (unpaired) electrons. The van der Waals surface area contributed by atoms with Crippen LogP contribution in [0.3, 0.4) is 0 Å². The van der Waals surface area contributed by atoms with E-state index in [4.69, 9.17) is 0 Å². The predicted molar refractivity (Wildman–Crippen MR) is 61.6 cm³/mol. The molecule has 1 N–H and O–H groups in total. The summed E-state index contributed by atoms with van der Waals surface area (Å²) in [4.78, 5) is 2.28. The van der Waals surface area contributed by atoms with Gasteiger partial charge in [-0.25, -0.2) is 0 Å². The van der Waals surface area contributed by atoms with Gasteiger partial charge in [0.15, 0.2) is 0 Å². The van der Waals surface area contributed by atoms with Crippen molar-refractivity contribution in [1.29, 1.82) is 0 Å². The van der Waals surface area contributed by atoms with Gasteiger partial charge in [0.1, 0.15) is 0 Å². The Morgan fingerprint density at radius 1 is 1.47 bits per heavy atom. The van der Waals surface area contributed by atoms with Gasteiger partial charge >= 0.3 is 0 Å². The van der Waals surface area contributed by atoms with Gasteiger partial charge in [0.25, 0.3) is 0 Å². The fraction of sp³-hybridized carbons (Fsp3) is 0.385. The van der Waals surface area contributed by atoms with Crippen molar-refractivity contribution in [2.24, 2.45) is 0 Å². The average molecular weight is 203 g/mol. The van der Waals surface area contributed by atoms with E-state index in [1.165, 1.54) is 5.56 Å². The lowest BCUT2D eigenvalue weighted by molar-refractivity contribution is 0.193. The van der Waals surface area contributed by atoms with Crippen LogP contribution in [0.25, 0.3) is 0 Å². The van der Waals surface area contributed by atoms with E-state index >= 15 is 0 Å². The van der Waals surface area contributed by atoms with E-state index in [2.05, 4.69) is 30.5 Å². The number of hydrogen-bond acceptors (Lipinski definition) is 2. The Labute approximate surface area is 90.8 Å². The molecule has 1 aliphatic heterocycles. The van der Waals surface area contributed by atoms with Crippen LogP contribution in [0.15, 0.2) is 43.0 Å². The molecule has 1 heterocycles. The van der Waals surface area contributed by atoms with Crippen molar-refractivity contribution in [1.82, 2.24) is 4.90 Å². The zero-order valence-corrected chi connectivity index (χ0v) is 9.00. The first-order chi connectivity index (χ1) is 7.24. The molecule has 1 unspecified atom stereocenters. The first kappa shape index (κ1) is 10.4. The molecule has 1 saturated heterocycles. The Morgan fingerprint density at radius 3 is 2.73 bits per heavy atom. The number of aliphatic hydroxyl groups excluding tert-OH is 1. The van der Waals surface area contributed by atoms with Crippen LogP contribution >= 0.6 is 0 Å². The summed E-state index contributed by atoms with van der Waals surface area (Å²) in [6.45, 7) is 6.75. The monoisotopic (exact) mass is 203 g/mol. The van der Waals surface area contributed by atoms with E-state index in [9.17, 15) is 5.11 Å². The minimum Gasteiger partial charge on any atom is -0.387 e. The minimum atomic E-state index is -0.392. The zero-order valence-electron chi connectivity index (χ0n) is 9.00. The molecule has 0 amide bonds. The lowest BCUT2D eigenvalue weighted by Gasteiger charge is -2.15. The minimum absolute atomic E-state index is 0.262. The molecule has 1 aliphatic rings. The molecule has 2 heteroatoms. The lowest BCUT2D eigenvalue weighted by atomic mass is 10.1. The van der Waals surface area contributed by atoms with Gasteiger partial charge in [-0.05, 0) is 12.5 Å². The molecule has 80 valence electrons. The quantitative estimate of drug-likeness (QED) is 0.597. The van der Waals surface area contributed by atoms with Gasteiger partial charge in [0, 0.05) is 12.6 Å². The van der Waals surface area contributed by atoms with Crippen LogP contribution in [0.2, 0.25) is 0 Å². The maximum atomic E-state index is 9.60. The third kappa shape index (κ3) is 2.11. The second-order valence-corrected chi connectivity index (χ2v) is 4.08. The molecular formula is C13H17NO. The van der Waals surface area contributed by atoms with E-state index in [0.717, 1.165) is 6.54 Å². The van der Waals surface area contributed by atoms with Crippen molar-refractivity contribution in [2.75, 3.05) is 6.54 Å². The summed E-state index contributed by atoms with van der Waals surface area (Å²) in [5.41, 5.74) is 1.30. The van der Waals surface area contributed by atoms with Crippen molar-refractivity contribution >= 4 is 0 Å². The summed E-state index contributed by atoms with van der Waals surface area (Å²) < 4.78 is 0. The van der Waals surface area contributed by atoms with E-state index in [0.29, 0.717) is 6.04 Å². The molecule has 0 spiro atoms. The van der Waals surface area contributed by atoms with E-state index in [-0.39, 0.29) is 6.04 Å². The normalized spacial score (nSPS) is 28.1. The Balaban J connectivity index is 2.00. The van der Waals surface area contributed by atoms with Crippen molar-refractivity contribution < 1.29 is 5.11 Å². The van der Waals surface area contributed by atoms with Crippen molar-refractivity contribution in [2.45, 2.75) is 25.1 Å². The van der Waals surface area contributed by atoms with Crippen LogP contribution in [0, 0.1) is 0 Å². The third-order valence-electron chi connectivity index (χ3n) is 3.11. The second-order valence-electron chi connectivity index (χ2n) is 4.08. The molecule has 0 bridgehead atoms. The zero-order chi connectivity index (χ0) is 10.8. The molecule has 0 saturated carbocycles. The summed E-state index contributed by atoms with van der Waals surface area (Å²) in [5.74, 6) is 0. The summed E-state index contributed by atoms with van der Waals surface area (Å²) in [5, 5.41) is 9.60. The molecule has 0 aromatic heterocycles. The van der Waals surface area contributed by atoms with Crippen molar-refractivity contribution in [3.8, 4) is 0 Å². The molecule has 2 nitrogen and oxygen atoms in total. The maximum Gasteiger partial charge on any atom is 0.0886 e. The summed E-state index contributed by atoms with van der Waals surface area (Å²) in [7, 11) is 0. The van der Waals surface area contributed by atoms with E-state index in [1.807, 2.05) is 18.2 Å². The number of nitrogens with zero attached hydrogens (tertiary/aromatic N) is 1. The van der Waals surface area contributed by atoms with Crippen LogP contribution < -0.4 is 0 Å². The number of hydrogen-bond donors (Lipinski definition) is 1. The highest BCUT2D eigenvalue weighted by Gasteiger charge is 2.41. The molecule has 15 heavy (non-hydrogen) atoms. The molecule has 0 aliphatic carbocycles. The molecular weight excluding hydrogens is 186 g/mol. The highest BCUT2D eigenvalue weighted by molar-refractivity contribution is 5.21. The summed E-state index contributed by atoms with van der Waals surface area (Å²) in [6.07, 6.45) is 1.22. The fourth-order valence-electron chi connectivity index (χ4n) is 2.00. The number of benzene rings is 1. The van der Waals surface area contributed by atoms with Crippen LogP contribution in [-0.4, -0.2) is 28.7 Å². The summed E-state index contributed by atoms with van der Waals surface area (Å²) >= 11 is 0. The van der Waals surface area contributed by atoms with Gasteiger partial charge in [-0.3, -0.25) is 4.90 Å². The lowest BCUT2D eigenvalue weighted by Crippen LogP contribution is -2.18. The topological polar surface area (TPSA) is 23.2 Å². The van der Waals surface area contributed by atoms with Crippen LogP contribution in [0.5, 0.6) is 0 Å². The Bertz CT molecular complexity index is 336. The first-order valence-electron chi connectivity index (χ1n) is 5.35. The second kappa shape index (κ2) is 4.17. The Kier molecular flexibility index (Phi) is 2.89. The first-order valence-corrected chi connectivity index (χ1v) is 5.35. The average Bonchev–Trinajstić information content (AvgIpc) is 3.08. The summed E-state index contributed by atoms with van der Waals surface area (Å²) in [6, 6.07) is 11.0. The standard InChI is InChI=1S/C13H17NO/c1-3-13(15)12-9-14(12)10(2)11-7-5-4-6-8-11/h3-8,10,12-13,15H,1,9H2,2H3/t10-,12+,13+,14?/m1/s1. The molecule has 1 fully saturated rings.